The lowest BCUT2D eigenvalue weighted by atomic mass is 9.95. The number of benzene rings is 2. The van der Waals surface area contributed by atoms with Crippen molar-refractivity contribution in [3.63, 3.8) is 0 Å². The van der Waals surface area contributed by atoms with E-state index in [0.717, 1.165) is 0 Å². The van der Waals surface area contributed by atoms with Crippen molar-refractivity contribution in [3.8, 4) is 0 Å². The van der Waals surface area contributed by atoms with Crippen LogP contribution in [0.5, 0.6) is 0 Å². The summed E-state index contributed by atoms with van der Waals surface area (Å²) < 4.78 is 0. The molecule has 2 aromatic rings. The fraction of sp³-hybridized carbons (Fsp3) is 0.125. The van der Waals surface area contributed by atoms with Crippen LogP contribution in [0.4, 0.5) is 0 Å². The third-order valence-electron chi connectivity index (χ3n) is 3.61. The van der Waals surface area contributed by atoms with Crippen molar-refractivity contribution in [2.45, 2.75) is 11.5 Å². The maximum atomic E-state index is 7.39. The first-order chi connectivity index (χ1) is 10.6. The fourth-order valence-corrected chi connectivity index (χ4v) is 3.83. The molecule has 0 unspecified atom stereocenters. The van der Waals surface area contributed by atoms with Gasteiger partial charge in [-0.1, -0.05) is 59.9 Å². The van der Waals surface area contributed by atoms with Crippen LogP contribution < -0.4 is 11.5 Å². The van der Waals surface area contributed by atoms with Gasteiger partial charge in [-0.25, -0.2) is 0 Å². The van der Waals surface area contributed by atoms with Crippen molar-refractivity contribution in [3.05, 3.63) is 68.4 Å². The number of amidine groups is 2. The largest absolute Gasteiger partial charge is 0.379 e. The molecule has 0 bridgehead atoms. The van der Waals surface area contributed by atoms with E-state index in [0.29, 0.717) is 11.5 Å². The van der Waals surface area contributed by atoms with Gasteiger partial charge in [-0.15, -0.1) is 17.0 Å². The van der Waals surface area contributed by atoms with Gasteiger partial charge in [0.1, 0.15) is 0 Å². The molecular weight excluding hydrogens is 392 g/mol. The van der Waals surface area contributed by atoms with E-state index in [1.165, 1.54) is 55.5 Å². The summed E-state index contributed by atoms with van der Waals surface area (Å²) in [7, 11) is 0. The Morgan fingerprint density at radius 3 is 1.52 bits per heavy atom. The number of rotatable bonds is 4. The number of nitrogens with two attached hydrogens (primary N) is 2. The zero-order valence-electron chi connectivity index (χ0n) is 12.3. The molecule has 3 rings (SSSR count). The van der Waals surface area contributed by atoms with Gasteiger partial charge in [0.25, 0.3) is 0 Å². The number of hydrogen-bond acceptors (Lipinski definition) is 4. The molecule has 0 saturated heterocycles. The van der Waals surface area contributed by atoms with E-state index in [9.17, 15) is 0 Å². The van der Waals surface area contributed by atoms with Gasteiger partial charge in [-0.2, -0.15) is 0 Å². The Balaban J connectivity index is 0.00000192. The Morgan fingerprint density at radius 1 is 0.783 bits per heavy atom. The van der Waals surface area contributed by atoms with Gasteiger partial charge < -0.3 is 11.5 Å². The lowest BCUT2D eigenvalue weighted by Gasteiger charge is -2.13. The maximum Gasteiger partial charge on any atom is 0.151 e. The van der Waals surface area contributed by atoms with Crippen LogP contribution in [0.25, 0.3) is 0 Å². The highest BCUT2D eigenvalue weighted by molar-refractivity contribution is 8.93. The van der Waals surface area contributed by atoms with Gasteiger partial charge in [0.2, 0.25) is 0 Å². The number of thioether (sulfide) groups is 2. The van der Waals surface area contributed by atoms with Crippen molar-refractivity contribution in [2.24, 2.45) is 11.5 Å². The molecule has 0 fully saturated rings. The molecule has 1 aliphatic carbocycles. The Kier molecular flexibility index (Phi) is 5.78. The summed E-state index contributed by atoms with van der Waals surface area (Å²) in [4.78, 5) is 0. The number of halogens is 1. The Labute approximate surface area is 152 Å². The average molecular weight is 409 g/mol. The second-order valence-electron chi connectivity index (χ2n) is 4.99. The summed E-state index contributed by atoms with van der Waals surface area (Å²) in [6.07, 6.45) is 0. The lowest BCUT2D eigenvalue weighted by molar-refractivity contribution is 1.18. The predicted molar refractivity (Wildman–Crippen MR) is 105 cm³/mol. The van der Waals surface area contributed by atoms with E-state index < -0.39 is 0 Å². The van der Waals surface area contributed by atoms with Crippen LogP contribution in [0, 0.1) is 31.7 Å². The SMILES string of the molecule is Br.N=C(N)SCc1cccc2c1=c1c(CSC(=N)N)cccc1=2. The van der Waals surface area contributed by atoms with Gasteiger partial charge >= 0.3 is 0 Å². The molecule has 0 saturated carbocycles. The van der Waals surface area contributed by atoms with E-state index >= 15 is 0 Å². The highest BCUT2D eigenvalue weighted by Gasteiger charge is 2.11. The van der Waals surface area contributed by atoms with Crippen LogP contribution in [0.2, 0.25) is 0 Å². The zero-order chi connectivity index (χ0) is 15.7. The third kappa shape index (κ3) is 3.57. The molecule has 0 atom stereocenters. The van der Waals surface area contributed by atoms with Crippen LogP contribution in [0.3, 0.4) is 0 Å². The molecule has 4 nitrogen and oxygen atoms in total. The molecule has 0 aromatic heterocycles. The van der Waals surface area contributed by atoms with Crippen LogP contribution >= 0.6 is 40.5 Å². The molecule has 2 aromatic carbocycles. The highest BCUT2D eigenvalue weighted by Crippen LogP contribution is 2.24. The molecule has 120 valence electrons. The minimum atomic E-state index is 0. The van der Waals surface area contributed by atoms with Gasteiger partial charge in [0.15, 0.2) is 10.3 Å². The molecule has 23 heavy (non-hydrogen) atoms. The first kappa shape index (κ1) is 17.9. The maximum absolute atomic E-state index is 7.39. The Bertz CT molecular complexity index is 882. The van der Waals surface area contributed by atoms with E-state index in [1.54, 1.807) is 0 Å². The van der Waals surface area contributed by atoms with Gasteiger partial charge in [-0.05, 0) is 32.0 Å². The molecule has 6 N–H and O–H groups in total. The number of fused-ring (bicyclic) bond motifs is 2. The molecule has 0 heterocycles. The fourth-order valence-electron chi connectivity index (χ4n) is 2.73. The standard InChI is InChI=1S/C16H16N4S2.BrH/c17-15(18)21-7-9-3-1-5-11-12-6-2-4-10(8-22-16(19)20)14(12)13(9)11;/h1-6H,7-8H2,(H3,17,18)(H3,19,20);1H. The second-order valence-corrected chi connectivity index (χ2v) is 7.02. The lowest BCUT2D eigenvalue weighted by Crippen LogP contribution is -2.06. The van der Waals surface area contributed by atoms with Crippen LogP contribution in [-0.2, 0) is 11.5 Å². The summed E-state index contributed by atoms with van der Waals surface area (Å²) in [5.74, 6) is 1.40. The molecule has 0 aliphatic heterocycles. The quantitative estimate of drug-likeness (QED) is 0.392. The van der Waals surface area contributed by atoms with Crippen molar-refractivity contribution >= 4 is 50.8 Å². The van der Waals surface area contributed by atoms with Gasteiger partial charge in [0.05, 0.1) is 0 Å². The zero-order valence-corrected chi connectivity index (χ0v) is 15.6. The van der Waals surface area contributed by atoms with E-state index in [1.807, 2.05) is 0 Å². The van der Waals surface area contributed by atoms with E-state index in [2.05, 4.69) is 36.4 Å². The monoisotopic (exact) mass is 408 g/mol. The van der Waals surface area contributed by atoms with Crippen molar-refractivity contribution in [1.29, 1.82) is 10.8 Å². The third-order valence-corrected chi connectivity index (χ3v) is 5.14. The van der Waals surface area contributed by atoms with Crippen LogP contribution in [0.15, 0.2) is 36.4 Å². The molecule has 0 radical (unpaired) electrons. The summed E-state index contributed by atoms with van der Waals surface area (Å²) in [6, 6.07) is 12.5. The van der Waals surface area contributed by atoms with Crippen LogP contribution in [-0.4, -0.2) is 10.3 Å². The minimum Gasteiger partial charge on any atom is -0.379 e. The van der Waals surface area contributed by atoms with Gasteiger partial charge in [0, 0.05) is 11.5 Å². The topological polar surface area (TPSA) is 99.7 Å². The molecule has 1 aliphatic rings. The first-order valence-electron chi connectivity index (χ1n) is 6.76. The van der Waals surface area contributed by atoms with Crippen molar-refractivity contribution in [2.75, 3.05) is 0 Å². The predicted octanol–water partition coefficient (Wildman–Crippen LogP) is 3.41. The summed E-state index contributed by atoms with van der Waals surface area (Å²) in [5, 5.41) is 20.1. The smallest absolute Gasteiger partial charge is 0.151 e. The van der Waals surface area contributed by atoms with E-state index in [-0.39, 0.29) is 27.3 Å². The molecule has 7 heteroatoms. The highest BCUT2D eigenvalue weighted by atomic mass is 79.9. The first-order valence-corrected chi connectivity index (χ1v) is 8.73. The number of hydrogen-bond donors (Lipinski definition) is 4. The minimum absolute atomic E-state index is 0. The summed E-state index contributed by atoms with van der Waals surface area (Å²) in [6.45, 7) is 0. The van der Waals surface area contributed by atoms with Crippen molar-refractivity contribution < 1.29 is 0 Å². The Morgan fingerprint density at radius 2 is 1.17 bits per heavy atom. The summed E-state index contributed by atoms with van der Waals surface area (Å²) in [5.41, 5.74) is 13.3. The van der Waals surface area contributed by atoms with Crippen molar-refractivity contribution in [1.82, 2.24) is 0 Å². The normalized spacial score (nSPS) is 10.8. The Hall–Kier alpha value is -1.44. The van der Waals surface area contributed by atoms with Crippen LogP contribution in [0.1, 0.15) is 11.1 Å². The molecular formula is C16H17BrN4S2. The molecule has 0 amide bonds. The second kappa shape index (κ2) is 7.42. The molecule has 0 spiro atoms. The average Bonchev–Trinajstić information content (AvgIpc) is 2.47. The summed E-state index contributed by atoms with van der Waals surface area (Å²) >= 11 is 2.68. The van der Waals surface area contributed by atoms with E-state index in [4.69, 9.17) is 22.3 Å². The van der Waals surface area contributed by atoms with Gasteiger partial charge in [-0.3, -0.25) is 10.8 Å². The number of nitrogens with one attached hydrogen (secondary N) is 2.